The zero-order chi connectivity index (χ0) is 12.3. The second-order valence-corrected chi connectivity index (χ2v) is 4.43. The monoisotopic (exact) mass is 260 g/mol. The quantitative estimate of drug-likeness (QED) is 0.903. The molecule has 0 radical (unpaired) electrons. The Morgan fingerprint density at radius 2 is 2.24 bits per heavy atom. The normalized spacial score (nSPS) is 18.3. The number of nitrogens with one attached hydrogen (secondary N) is 1. The first-order valence-electron chi connectivity index (χ1n) is 5.42. The van der Waals surface area contributed by atoms with Gasteiger partial charge in [0.1, 0.15) is 0 Å². The molecule has 0 atom stereocenters. The van der Waals surface area contributed by atoms with Crippen molar-refractivity contribution in [1.82, 2.24) is 4.98 Å². The summed E-state index contributed by atoms with van der Waals surface area (Å²) < 4.78 is 24.2. The number of aromatic nitrogens is 1. The van der Waals surface area contributed by atoms with E-state index in [1.807, 2.05) is 6.92 Å². The van der Waals surface area contributed by atoms with Crippen molar-refractivity contribution in [3.8, 4) is 0 Å². The molecule has 1 fully saturated rings. The zero-order valence-electron chi connectivity index (χ0n) is 9.50. The Balaban J connectivity index is 1.85. The topological polar surface area (TPSA) is 43.4 Å². The summed E-state index contributed by atoms with van der Waals surface area (Å²) in [4.78, 5) is 3.86. The van der Waals surface area contributed by atoms with Crippen LogP contribution in [0.15, 0.2) is 12.3 Å². The Morgan fingerprint density at radius 1 is 1.53 bits per heavy atom. The van der Waals surface area contributed by atoms with E-state index in [0.717, 1.165) is 0 Å². The lowest BCUT2D eigenvalue weighted by atomic mass is 10.2. The second kappa shape index (κ2) is 5.16. The van der Waals surface area contributed by atoms with Gasteiger partial charge in [0.15, 0.2) is 17.4 Å². The zero-order valence-corrected chi connectivity index (χ0v) is 10.3. The number of halogens is 2. The largest absolute Gasteiger partial charge is 0.367 e. The summed E-state index contributed by atoms with van der Waals surface area (Å²) in [6, 6.07) is 1.22. The maximum Gasteiger partial charge on any atom is 0.167 e. The molecule has 1 N–H and O–H groups in total. The lowest BCUT2D eigenvalue weighted by molar-refractivity contribution is -0.144. The van der Waals surface area contributed by atoms with E-state index in [4.69, 9.17) is 21.1 Å². The van der Waals surface area contributed by atoms with Crippen LogP contribution in [-0.2, 0) is 9.47 Å². The molecule has 0 unspecified atom stereocenters. The van der Waals surface area contributed by atoms with Crippen LogP contribution in [0.1, 0.15) is 13.3 Å². The Hall–Kier alpha value is -0.910. The third-order valence-electron chi connectivity index (χ3n) is 2.58. The van der Waals surface area contributed by atoms with Crippen LogP contribution in [0.3, 0.4) is 0 Å². The van der Waals surface area contributed by atoms with E-state index in [1.54, 1.807) is 0 Å². The van der Waals surface area contributed by atoms with Gasteiger partial charge >= 0.3 is 0 Å². The standard InChI is InChI=1S/C11H14ClFN2O2/c1-11(16-4-5-17-11)2-3-14-10-9(13)6-8(12)7-15-10/h6-7H,2-5H2,1H3,(H,14,15). The molecule has 6 heteroatoms. The lowest BCUT2D eigenvalue weighted by Gasteiger charge is -2.22. The molecule has 0 aliphatic carbocycles. The summed E-state index contributed by atoms with van der Waals surface area (Å²) in [5.41, 5.74) is 0. The van der Waals surface area contributed by atoms with Crippen LogP contribution in [0.5, 0.6) is 0 Å². The fraction of sp³-hybridized carbons (Fsp3) is 0.545. The van der Waals surface area contributed by atoms with E-state index in [0.29, 0.717) is 26.2 Å². The Bertz CT molecular complexity index is 397. The van der Waals surface area contributed by atoms with Crippen LogP contribution in [0, 0.1) is 5.82 Å². The molecular weight excluding hydrogens is 247 g/mol. The van der Waals surface area contributed by atoms with Crippen molar-refractivity contribution in [2.75, 3.05) is 25.1 Å². The van der Waals surface area contributed by atoms with Gasteiger partial charge in [-0.2, -0.15) is 0 Å². The highest BCUT2D eigenvalue weighted by Crippen LogP contribution is 2.23. The van der Waals surface area contributed by atoms with Crippen LogP contribution in [0.2, 0.25) is 5.02 Å². The summed E-state index contributed by atoms with van der Waals surface area (Å²) >= 11 is 5.61. The maximum absolute atomic E-state index is 13.4. The molecule has 0 bridgehead atoms. The first-order chi connectivity index (χ1) is 8.09. The van der Waals surface area contributed by atoms with E-state index in [-0.39, 0.29) is 10.8 Å². The number of nitrogens with zero attached hydrogens (tertiary/aromatic N) is 1. The molecular formula is C11H14ClFN2O2. The van der Waals surface area contributed by atoms with Gasteiger partial charge in [0, 0.05) is 19.2 Å². The van der Waals surface area contributed by atoms with E-state index >= 15 is 0 Å². The average Bonchev–Trinajstić information content (AvgIpc) is 2.69. The number of pyridine rings is 1. The molecule has 0 saturated carbocycles. The minimum absolute atomic E-state index is 0.191. The van der Waals surface area contributed by atoms with Gasteiger partial charge in [0.25, 0.3) is 0 Å². The summed E-state index contributed by atoms with van der Waals surface area (Å²) in [6.07, 6.45) is 2.02. The Labute approximate surface area is 104 Å². The fourth-order valence-electron chi connectivity index (χ4n) is 1.65. The molecule has 94 valence electrons. The van der Waals surface area contributed by atoms with E-state index in [9.17, 15) is 4.39 Å². The molecule has 0 spiro atoms. The van der Waals surface area contributed by atoms with E-state index in [1.165, 1.54) is 12.3 Å². The van der Waals surface area contributed by atoms with Crippen molar-refractivity contribution in [3.05, 3.63) is 23.1 Å². The van der Waals surface area contributed by atoms with Crippen molar-refractivity contribution in [3.63, 3.8) is 0 Å². The number of hydrogen-bond acceptors (Lipinski definition) is 4. The average molecular weight is 261 g/mol. The molecule has 1 saturated heterocycles. The van der Waals surface area contributed by atoms with Crippen LogP contribution in [0.25, 0.3) is 0 Å². The van der Waals surface area contributed by atoms with Gasteiger partial charge in [-0.15, -0.1) is 0 Å². The van der Waals surface area contributed by atoms with Gasteiger partial charge in [0.05, 0.1) is 18.2 Å². The number of anilines is 1. The molecule has 1 aliphatic rings. The Kier molecular flexibility index (Phi) is 3.81. The molecule has 1 aromatic rings. The molecule has 2 rings (SSSR count). The van der Waals surface area contributed by atoms with Crippen LogP contribution in [-0.4, -0.2) is 30.5 Å². The van der Waals surface area contributed by atoms with Gasteiger partial charge in [-0.1, -0.05) is 11.6 Å². The molecule has 1 aromatic heterocycles. The highest BCUT2D eigenvalue weighted by molar-refractivity contribution is 6.30. The summed E-state index contributed by atoms with van der Waals surface area (Å²) in [7, 11) is 0. The number of ether oxygens (including phenoxy) is 2. The summed E-state index contributed by atoms with van der Waals surface area (Å²) in [6.45, 7) is 3.59. The molecule has 1 aliphatic heterocycles. The molecule has 4 nitrogen and oxygen atoms in total. The third-order valence-corrected chi connectivity index (χ3v) is 2.78. The van der Waals surface area contributed by atoms with Gasteiger partial charge in [-0.05, 0) is 13.0 Å². The van der Waals surface area contributed by atoms with Gasteiger partial charge in [-0.3, -0.25) is 0 Å². The maximum atomic E-state index is 13.4. The summed E-state index contributed by atoms with van der Waals surface area (Å²) in [5, 5.41) is 3.17. The van der Waals surface area contributed by atoms with E-state index in [2.05, 4.69) is 10.3 Å². The predicted octanol–water partition coefficient (Wildman–Crippen LogP) is 2.44. The van der Waals surface area contributed by atoms with Crippen molar-refractivity contribution >= 4 is 17.4 Å². The third kappa shape index (κ3) is 3.28. The molecule has 0 amide bonds. The first-order valence-corrected chi connectivity index (χ1v) is 5.80. The predicted molar refractivity (Wildman–Crippen MR) is 62.6 cm³/mol. The number of hydrogen-bond donors (Lipinski definition) is 1. The van der Waals surface area contributed by atoms with Crippen molar-refractivity contribution in [2.24, 2.45) is 0 Å². The van der Waals surface area contributed by atoms with Crippen LogP contribution >= 0.6 is 11.6 Å². The van der Waals surface area contributed by atoms with Crippen molar-refractivity contribution < 1.29 is 13.9 Å². The minimum atomic E-state index is -0.574. The highest BCUT2D eigenvalue weighted by Gasteiger charge is 2.30. The second-order valence-electron chi connectivity index (χ2n) is 3.99. The van der Waals surface area contributed by atoms with Crippen LogP contribution < -0.4 is 5.32 Å². The van der Waals surface area contributed by atoms with Crippen molar-refractivity contribution in [1.29, 1.82) is 0 Å². The number of rotatable bonds is 4. The molecule has 0 aromatic carbocycles. The first kappa shape index (κ1) is 12.5. The lowest BCUT2D eigenvalue weighted by Crippen LogP contribution is -2.28. The van der Waals surface area contributed by atoms with E-state index < -0.39 is 11.6 Å². The van der Waals surface area contributed by atoms with Crippen LogP contribution in [0.4, 0.5) is 10.2 Å². The van der Waals surface area contributed by atoms with Crippen molar-refractivity contribution in [2.45, 2.75) is 19.1 Å². The SMILES string of the molecule is CC1(CCNc2ncc(Cl)cc2F)OCCO1. The van der Waals surface area contributed by atoms with Gasteiger partial charge in [0.2, 0.25) is 0 Å². The minimum Gasteiger partial charge on any atom is -0.367 e. The van der Waals surface area contributed by atoms with Gasteiger partial charge in [-0.25, -0.2) is 9.37 Å². The smallest absolute Gasteiger partial charge is 0.167 e. The summed E-state index contributed by atoms with van der Waals surface area (Å²) in [5.74, 6) is -0.845. The highest BCUT2D eigenvalue weighted by atomic mass is 35.5. The van der Waals surface area contributed by atoms with Gasteiger partial charge < -0.3 is 14.8 Å². The fourth-order valence-corrected chi connectivity index (χ4v) is 1.80. The molecule has 17 heavy (non-hydrogen) atoms. The Morgan fingerprint density at radius 3 is 2.88 bits per heavy atom. The molecule has 2 heterocycles.